The number of carbonyl (C=O) groups is 2. The number of hydrogen-bond donors (Lipinski definition) is 1. The first-order valence-corrected chi connectivity index (χ1v) is 6.03. The Morgan fingerprint density at radius 1 is 1.26 bits per heavy atom. The van der Waals surface area contributed by atoms with Gasteiger partial charge in [0.15, 0.2) is 0 Å². The highest BCUT2D eigenvalue weighted by Gasteiger charge is 2.27. The number of aromatic nitrogens is 2. The lowest BCUT2D eigenvalue weighted by molar-refractivity contribution is -0.136. The van der Waals surface area contributed by atoms with Gasteiger partial charge in [-0.3, -0.25) is 14.2 Å². The molecule has 100 valence electrons. The summed E-state index contributed by atoms with van der Waals surface area (Å²) in [6.07, 6.45) is -0.267. The summed E-state index contributed by atoms with van der Waals surface area (Å²) in [5.41, 5.74) is 0.687. The maximum absolute atomic E-state index is 12.5. The Morgan fingerprint density at radius 2 is 1.89 bits per heavy atom. The third kappa shape index (κ3) is 2.50. The van der Waals surface area contributed by atoms with Gasteiger partial charge in [0.2, 0.25) is 5.91 Å². The van der Waals surface area contributed by atoms with Crippen LogP contribution in [-0.2, 0) is 11.2 Å². The zero-order valence-electron chi connectivity index (χ0n) is 11.2. The van der Waals surface area contributed by atoms with Crippen LogP contribution in [0.4, 0.5) is 0 Å². The Hall–Kier alpha value is -2.17. The second-order valence-electron chi connectivity index (χ2n) is 5.48. The topological polar surface area (TPSA) is 72.2 Å². The van der Waals surface area contributed by atoms with Gasteiger partial charge in [-0.05, 0) is 12.1 Å². The van der Waals surface area contributed by atoms with E-state index in [2.05, 4.69) is 4.98 Å². The number of carbonyl (C=O) groups excluding carboxylic acids is 1. The number of benzene rings is 1. The highest BCUT2D eigenvalue weighted by Crippen LogP contribution is 2.23. The number of nitrogens with zero attached hydrogens (tertiary/aromatic N) is 2. The average molecular weight is 260 g/mol. The molecule has 0 aliphatic carbocycles. The zero-order valence-corrected chi connectivity index (χ0v) is 11.2. The number of para-hydroxylation sites is 2. The fraction of sp³-hybridized carbons (Fsp3) is 0.357. The van der Waals surface area contributed by atoms with Crippen molar-refractivity contribution in [2.24, 2.45) is 5.41 Å². The van der Waals surface area contributed by atoms with Crippen LogP contribution in [0.1, 0.15) is 31.4 Å². The number of fused-ring (bicyclic) bond motifs is 1. The first-order chi connectivity index (χ1) is 8.80. The molecule has 1 aromatic carbocycles. The molecule has 0 amide bonds. The van der Waals surface area contributed by atoms with Crippen molar-refractivity contribution in [3.8, 4) is 0 Å². The molecule has 0 radical (unpaired) electrons. The molecule has 2 rings (SSSR count). The molecule has 0 bridgehead atoms. The molecule has 0 unspecified atom stereocenters. The summed E-state index contributed by atoms with van der Waals surface area (Å²) in [4.78, 5) is 27.6. The minimum Gasteiger partial charge on any atom is -0.481 e. The fourth-order valence-corrected chi connectivity index (χ4v) is 1.89. The number of hydrogen-bond acceptors (Lipinski definition) is 3. The summed E-state index contributed by atoms with van der Waals surface area (Å²) in [5, 5.41) is 8.94. The quantitative estimate of drug-likeness (QED) is 0.899. The van der Waals surface area contributed by atoms with E-state index in [0.717, 1.165) is 0 Å². The van der Waals surface area contributed by atoms with Crippen LogP contribution in [0.25, 0.3) is 11.0 Å². The minimum absolute atomic E-state index is 0.155. The van der Waals surface area contributed by atoms with Gasteiger partial charge < -0.3 is 5.11 Å². The van der Waals surface area contributed by atoms with E-state index >= 15 is 0 Å². The number of imidazole rings is 1. The highest BCUT2D eigenvalue weighted by molar-refractivity contribution is 5.94. The third-order valence-corrected chi connectivity index (χ3v) is 2.78. The van der Waals surface area contributed by atoms with E-state index in [1.807, 2.05) is 6.07 Å². The van der Waals surface area contributed by atoms with Crippen LogP contribution in [0, 0.1) is 5.41 Å². The van der Waals surface area contributed by atoms with Crippen molar-refractivity contribution in [3.05, 3.63) is 30.1 Å². The average Bonchev–Trinajstić information content (AvgIpc) is 2.63. The monoisotopic (exact) mass is 260 g/mol. The molecule has 1 aromatic heterocycles. The largest absolute Gasteiger partial charge is 0.481 e. The van der Waals surface area contributed by atoms with Crippen LogP contribution < -0.4 is 0 Å². The summed E-state index contributed by atoms with van der Waals surface area (Å²) in [5.74, 6) is -0.885. The van der Waals surface area contributed by atoms with Crippen LogP contribution in [-0.4, -0.2) is 26.5 Å². The first kappa shape index (κ1) is 13.3. The first-order valence-electron chi connectivity index (χ1n) is 6.03. The van der Waals surface area contributed by atoms with E-state index in [4.69, 9.17) is 5.11 Å². The number of carboxylic acids is 1. The molecule has 19 heavy (non-hydrogen) atoms. The predicted octanol–water partition coefficient (Wildman–Crippen LogP) is 2.35. The molecular weight excluding hydrogens is 244 g/mol. The zero-order chi connectivity index (χ0) is 14.2. The Morgan fingerprint density at radius 3 is 2.47 bits per heavy atom. The molecule has 0 aliphatic heterocycles. The van der Waals surface area contributed by atoms with Gasteiger partial charge in [0.1, 0.15) is 12.2 Å². The van der Waals surface area contributed by atoms with Gasteiger partial charge in [0.25, 0.3) is 0 Å². The SMILES string of the molecule is CC(C)(C)C(=O)n1c(CC(=O)O)nc2ccccc21. The molecule has 0 fully saturated rings. The molecule has 0 aliphatic rings. The molecule has 0 atom stereocenters. The second kappa shape index (κ2) is 4.50. The lowest BCUT2D eigenvalue weighted by atomic mass is 9.95. The molecule has 1 heterocycles. The molecule has 2 aromatic rings. The maximum atomic E-state index is 12.5. The lowest BCUT2D eigenvalue weighted by Crippen LogP contribution is -2.28. The maximum Gasteiger partial charge on any atom is 0.311 e. The van der Waals surface area contributed by atoms with Crippen LogP contribution in [0.15, 0.2) is 24.3 Å². The summed E-state index contributed by atoms with van der Waals surface area (Å²) < 4.78 is 1.42. The Balaban J connectivity index is 2.67. The van der Waals surface area contributed by atoms with E-state index in [-0.39, 0.29) is 18.2 Å². The van der Waals surface area contributed by atoms with Crippen LogP contribution in [0.5, 0.6) is 0 Å². The molecule has 0 saturated carbocycles. The van der Waals surface area contributed by atoms with E-state index in [1.54, 1.807) is 39.0 Å². The van der Waals surface area contributed by atoms with Crippen LogP contribution in [0.2, 0.25) is 0 Å². The van der Waals surface area contributed by atoms with Crippen molar-refractivity contribution in [1.82, 2.24) is 9.55 Å². The Labute approximate surface area is 110 Å². The van der Waals surface area contributed by atoms with E-state index < -0.39 is 11.4 Å². The van der Waals surface area contributed by atoms with Gasteiger partial charge in [0, 0.05) is 5.41 Å². The molecule has 0 spiro atoms. The van der Waals surface area contributed by atoms with Crippen LogP contribution >= 0.6 is 0 Å². The smallest absolute Gasteiger partial charge is 0.311 e. The van der Waals surface area contributed by atoms with Crippen molar-refractivity contribution in [1.29, 1.82) is 0 Å². The molecule has 0 saturated heterocycles. The summed E-state index contributed by atoms with van der Waals surface area (Å²) >= 11 is 0. The normalized spacial score (nSPS) is 11.7. The summed E-state index contributed by atoms with van der Waals surface area (Å²) in [6.45, 7) is 5.40. The second-order valence-corrected chi connectivity index (χ2v) is 5.48. The lowest BCUT2D eigenvalue weighted by Gasteiger charge is -2.18. The van der Waals surface area contributed by atoms with Gasteiger partial charge in [-0.25, -0.2) is 4.98 Å². The van der Waals surface area contributed by atoms with Gasteiger partial charge in [-0.1, -0.05) is 32.9 Å². The van der Waals surface area contributed by atoms with E-state index in [9.17, 15) is 9.59 Å². The minimum atomic E-state index is -1.00. The van der Waals surface area contributed by atoms with Gasteiger partial charge in [0.05, 0.1) is 11.0 Å². The third-order valence-electron chi connectivity index (χ3n) is 2.78. The molecule has 1 N–H and O–H groups in total. The molecular formula is C14H16N2O3. The molecule has 5 heteroatoms. The van der Waals surface area contributed by atoms with Crippen molar-refractivity contribution < 1.29 is 14.7 Å². The Bertz CT molecular complexity index is 650. The van der Waals surface area contributed by atoms with Crippen molar-refractivity contribution in [3.63, 3.8) is 0 Å². The van der Waals surface area contributed by atoms with Gasteiger partial charge in [-0.2, -0.15) is 0 Å². The number of rotatable bonds is 2. The summed E-state index contributed by atoms with van der Waals surface area (Å²) in [6, 6.07) is 7.16. The standard InChI is InChI=1S/C14H16N2O3/c1-14(2,3)13(19)16-10-7-5-4-6-9(10)15-11(16)8-12(17)18/h4-7H,8H2,1-3H3,(H,17,18). The highest BCUT2D eigenvalue weighted by atomic mass is 16.4. The van der Waals surface area contributed by atoms with E-state index in [1.165, 1.54) is 4.57 Å². The number of aliphatic carboxylic acids is 1. The van der Waals surface area contributed by atoms with Crippen molar-refractivity contribution >= 4 is 22.9 Å². The van der Waals surface area contributed by atoms with Crippen molar-refractivity contribution in [2.45, 2.75) is 27.2 Å². The molecule has 5 nitrogen and oxygen atoms in total. The van der Waals surface area contributed by atoms with E-state index in [0.29, 0.717) is 11.0 Å². The predicted molar refractivity (Wildman–Crippen MR) is 71.2 cm³/mol. The summed E-state index contributed by atoms with van der Waals surface area (Å²) in [7, 11) is 0. The number of carboxylic acid groups (broad SMARTS) is 1. The van der Waals surface area contributed by atoms with Crippen molar-refractivity contribution in [2.75, 3.05) is 0 Å². The fourth-order valence-electron chi connectivity index (χ4n) is 1.89. The Kier molecular flexibility index (Phi) is 3.14. The van der Waals surface area contributed by atoms with Gasteiger partial charge in [-0.15, -0.1) is 0 Å². The van der Waals surface area contributed by atoms with Crippen LogP contribution in [0.3, 0.4) is 0 Å². The van der Waals surface area contributed by atoms with Gasteiger partial charge >= 0.3 is 5.97 Å².